The van der Waals surface area contributed by atoms with Gasteiger partial charge in [0.05, 0.1) is 7.05 Å². The Morgan fingerprint density at radius 3 is 2.65 bits per heavy atom. The van der Waals surface area contributed by atoms with Gasteiger partial charge in [0.1, 0.15) is 25.2 Å². The first kappa shape index (κ1) is 17.6. The van der Waals surface area contributed by atoms with Crippen LogP contribution < -0.4 is 0 Å². The Morgan fingerprint density at radius 1 is 1.48 bits per heavy atom. The molecule has 4 nitrogen and oxygen atoms in total. The minimum atomic E-state index is -1.57. The van der Waals surface area contributed by atoms with Crippen LogP contribution in [0, 0.1) is 30.9 Å². The minimum Gasteiger partial charge on any atom is -0.457 e. The van der Waals surface area contributed by atoms with Gasteiger partial charge in [0.2, 0.25) is 0 Å². The molecule has 0 aromatic carbocycles. The Labute approximate surface area is 141 Å². The van der Waals surface area contributed by atoms with Crippen LogP contribution in [-0.2, 0) is 15.1 Å². The van der Waals surface area contributed by atoms with Gasteiger partial charge in [0.25, 0.3) is 0 Å². The molecular weight excluding hydrogens is 310 g/mol. The molecule has 1 aromatic heterocycles. The van der Waals surface area contributed by atoms with Crippen LogP contribution in [0.1, 0.15) is 30.6 Å². The lowest BCUT2D eigenvalue weighted by atomic mass is 9.84. The summed E-state index contributed by atoms with van der Waals surface area (Å²) >= 11 is 1.37. The number of terminal acetylenes is 2. The third kappa shape index (κ3) is 3.59. The maximum absolute atomic E-state index is 12.6. The second-order valence-corrected chi connectivity index (χ2v) is 6.98. The Kier molecular flexibility index (Phi) is 5.49. The van der Waals surface area contributed by atoms with Gasteiger partial charge in [-0.1, -0.05) is 31.8 Å². The van der Waals surface area contributed by atoms with E-state index in [-0.39, 0.29) is 17.0 Å². The molecule has 1 fully saturated rings. The van der Waals surface area contributed by atoms with Crippen molar-refractivity contribution < 1.29 is 19.1 Å². The fourth-order valence-electron chi connectivity index (χ4n) is 2.90. The van der Waals surface area contributed by atoms with E-state index in [0.717, 1.165) is 25.7 Å². The summed E-state index contributed by atoms with van der Waals surface area (Å²) in [5.74, 6) is -0.706. The summed E-state index contributed by atoms with van der Waals surface area (Å²) in [5.41, 5.74) is -1.57. The van der Waals surface area contributed by atoms with Gasteiger partial charge >= 0.3 is 5.97 Å². The minimum absolute atomic E-state index is 0.0736. The summed E-state index contributed by atoms with van der Waals surface area (Å²) in [4.78, 5) is 13.3. The van der Waals surface area contributed by atoms with Gasteiger partial charge in [0, 0.05) is 10.8 Å². The fraction of sp³-hybridized carbons (Fsp3) is 0.500. The van der Waals surface area contributed by atoms with Gasteiger partial charge in [-0.05, 0) is 24.3 Å². The molecule has 0 radical (unpaired) electrons. The first-order chi connectivity index (χ1) is 11.0. The van der Waals surface area contributed by atoms with Crippen LogP contribution in [0.3, 0.4) is 0 Å². The Hall–Kier alpha value is -1.79. The number of esters is 1. The van der Waals surface area contributed by atoms with E-state index in [0.29, 0.717) is 11.4 Å². The topological polar surface area (TPSA) is 46.5 Å². The maximum atomic E-state index is 12.6. The summed E-state index contributed by atoms with van der Waals surface area (Å²) in [6.07, 6.45) is 14.5. The van der Waals surface area contributed by atoms with Gasteiger partial charge in [-0.3, -0.25) is 0 Å². The van der Waals surface area contributed by atoms with E-state index in [9.17, 15) is 9.90 Å². The van der Waals surface area contributed by atoms with Crippen LogP contribution in [0.25, 0.3) is 0 Å². The zero-order chi connectivity index (χ0) is 16.9. The number of hydrogen-bond acceptors (Lipinski definition) is 4. The van der Waals surface area contributed by atoms with Gasteiger partial charge in [-0.15, -0.1) is 11.3 Å². The number of thiophene rings is 1. The molecule has 1 atom stereocenters. The van der Waals surface area contributed by atoms with E-state index >= 15 is 0 Å². The lowest BCUT2D eigenvalue weighted by Crippen LogP contribution is -2.44. The van der Waals surface area contributed by atoms with E-state index in [1.54, 1.807) is 13.1 Å². The standard InChI is InChI=1S/C18H22NO3S/c1-4-19(3,5-2)12-13-22-17(20)18(21,15-9-6-7-10-15)16-11-8-14-23-16/h1-2,8,11,14-15,21H,6-7,9-10,12-13H2,3H3/q+1. The van der Waals surface area contributed by atoms with Crippen LogP contribution in [-0.4, -0.2) is 35.8 Å². The summed E-state index contributed by atoms with van der Waals surface area (Å²) in [5, 5.41) is 13.0. The van der Waals surface area contributed by atoms with Gasteiger partial charge < -0.3 is 9.84 Å². The summed E-state index contributed by atoms with van der Waals surface area (Å²) in [6, 6.07) is 8.56. The quantitative estimate of drug-likeness (QED) is 0.494. The predicted molar refractivity (Wildman–Crippen MR) is 89.9 cm³/mol. The lowest BCUT2D eigenvalue weighted by molar-refractivity contribution is -0.772. The van der Waals surface area contributed by atoms with Crippen LogP contribution >= 0.6 is 11.3 Å². The van der Waals surface area contributed by atoms with E-state index in [1.807, 2.05) is 11.4 Å². The highest BCUT2D eigenvalue weighted by Crippen LogP contribution is 2.43. The van der Waals surface area contributed by atoms with Crippen molar-refractivity contribution in [2.45, 2.75) is 31.3 Å². The molecule has 1 aliphatic rings. The zero-order valence-electron chi connectivity index (χ0n) is 13.3. The Bertz CT molecular complexity index is 606. The summed E-state index contributed by atoms with van der Waals surface area (Å²) in [6.45, 7) is 0.383. The predicted octanol–water partition coefficient (Wildman–Crippen LogP) is 2.30. The fourth-order valence-corrected chi connectivity index (χ4v) is 3.80. The first-order valence-corrected chi connectivity index (χ1v) is 8.59. The average Bonchev–Trinajstić information content (AvgIpc) is 3.26. The summed E-state index contributed by atoms with van der Waals surface area (Å²) < 4.78 is 5.28. The van der Waals surface area contributed by atoms with Crippen molar-refractivity contribution in [3.63, 3.8) is 0 Å². The number of aliphatic hydroxyl groups is 1. The van der Waals surface area contributed by atoms with Crippen molar-refractivity contribution in [2.24, 2.45) is 5.92 Å². The number of nitrogens with zero attached hydrogens (tertiary/aromatic N) is 1. The van der Waals surface area contributed by atoms with Gasteiger partial charge in [-0.2, -0.15) is 4.48 Å². The van der Waals surface area contributed by atoms with E-state index in [4.69, 9.17) is 17.6 Å². The second-order valence-electron chi connectivity index (χ2n) is 6.03. The normalized spacial score (nSPS) is 17.9. The number of hydrogen-bond donors (Lipinski definition) is 1. The molecule has 1 heterocycles. The molecule has 23 heavy (non-hydrogen) atoms. The van der Waals surface area contributed by atoms with Crippen molar-refractivity contribution in [2.75, 3.05) is 20.2 Å². The zero-order valence-corrected chi connectivity index (χ0v) is 14.1. The highest BCUT2D eigenvalue weighted by Gasteiger charge is 2.48. The van der Waals surface area contributed by atoms with Crippen molar-refractivity contribution in [1.29, 1.82) is 0 Å². The van der Waals surface area contributed by atoms with Crippen LogP contribution in [0.4, 0.5) is 0 Å². The van der Waals surface area contributed by atoms with E-state index in [1.165, 1.54) is 11.3 Å². The molecule has 1 aromatic rings. The average molecular weight is 332 g/mol. The highest BCUT2D eigenvalue weighted by atomic mass is 32.1. The third-order valence-corrected chi connectivity index (χ3v) is 5.49. The molecule has 0 bridgehead atoms. The molecule has 0 aliphatic heterocycles. The largest absolute Gasteiger partial charge is 0.457 e. The second kappa shape index (κ2) is 7.19. The molecular formula is C18H22NO3S+. The van der Waals surface area contributed by atoms with Crippen molar-refractivity contribution >= 4 is 17.3 Å². The monoisotopic (exact) mass is 332 g/mol. The highest BCUT2D eigenvalue weighted by molar-refractivity contribution is 7.10. The summed E-state index contributed by atoms with van der Waals surface area (Å²) in [7, 11) is 1.69. The molecule has 0 amide bonds. The number of ether oxygens (including phenoxy) is 1. The van der Waals surface area contributed by atoms with Crippen molar-refractivity contribution in [3.8, 4) is 24.9 Å². The number of carbonyl (C=O) groups excluding carboxylic acids is 1. The van der Waals surface area contributed by atoms with Crippen LogP contribution in [0.2, 0.25) is 0 Å². The number of rotatable bonds is 6. The molecule has 1 saturated carbocycles. The molecule has 0 saturated heterocycles. The van der Waals surface area contributed by atoms with Gasteiger partial charge in [0.15, 0.2) is 5.60 Å². The van der Waals surface area contributed by atoms with Gasteiger partial charge in [-0.25, -0.2) is 4.79 Å². The molecule has 0 spiro atoms. The number of quaternary nitrogens is 1. The smallest absolute Gasteiger partial charge is 0.344 e. The maximum Gasteiger partial charge on any atom is 0.344 e. The first-order valence-electron chi connectivity index (χ1n) is 7.71. The molecule has 1 unspecified atom stereocenters. The van der Waals surface area contributed by atoms with Crippen LogP contribution in [0.15, 0.2) is 17.5 Å². The number of carbonyl (C=O) groups is 1. The van der Waals surface area contributed by atoms with Crippen LogP contribution in [0.5, 0.6) is 0 Å². The lowest BCUT2D eigenvalue weighted by Gasteiger charge is -2.31. The SMILES string of the molecule is C#C[N+](C)(C#C)CCOC(=O)C(O)(c1cccs1)C1CCCC1. The van der Waals surface area contributed by atoms with Crippen molar-refractivity contribution in [3.05, 3.63) is 22.4 Å². The molecule has 1 aliphatic carbocycles. The Morgan fingerprint density at radius 2 is 2.13 bits per heavy atom. The van der Waals surface area contributed by atoms with E-state index in [2.05, 4.69) is 12.1 Å². The molecule has 1 N–H and O–H groups in total. The third-order valence-electron chi connectivity index (χ3n) is 4.50. The Balaban J connectivity index is 2.10. The molecule has 5 heteroatoms. The van der Waals surface area contributed by atoms with E-state index < -0.39 is 11.6 Å². The molecule has 122 valence electrons. The number of likely N-dealkylation sites (N-methyl/N-ethyl adjacent to an activating group) is 1. The van der Waals surface area contributed by atoms with Crippen molar-refractivity contribution in [1.82, 2.24) is 0 Å². The molecule has 2 rings (SSSR count).